The van der Waals surface area contributed by atoms with Gasteiger partial charge in [0.1, 0.15) is 0 Å². The van der Waals surface area contributed by atoms with Crippen molar-refractivity contribution in [3.05, 3.63) is 27.2 Å². The molecule has 0 amide bonds. The summed E-state index contributed by atoms with van der Waals surface area (Å²) >= 11 is 9.53. The van der Waals surface area contributed by atoms with Crippen LogP contribution in [0.25, 0.3) is 0 Å². The molecule has 1 aromatic carbocycles. The summed E-state index contributed by atoms with van der Waals surface area (Å²) in [6.45, 7) is 4.40. The van der Waals surface area contributed by atoms with Gasteiger partial charge in [-0.25, -0.2) is 0 Å². The van der Waals surface area contributed by atoms with E-state index in [4.69, 9.17) is 11.6 Å². The molecule has 1 nitrogen and oxygen atoms in total. The molecule has 0 aliphatic heterocycles. The molecule has 0 spiro atoms. The molecule has 1 unspecified atom stereocenters. The lowest BCUT2D eigenvalue weighted by atomic mass is 9.97. The number of benzene rings is 1. The molecule has 0 saturated carbocycles. The quantitative estimate of drug-likeness (QED) is 0.847. The summed E-state index contributed by atoms with van der Waals surface area (Å²) in [5.41, 5.74) is 2.41. The molecule has 1 atom stereocenters. The highest BCUT2D eigenvalue weighted by Crippen LogP contribution is 2.35. The minimum atomic E-state index is 0.532. The molecule has 0 radical (unpaired) electrons. The molecular weight excluding hydrogens is 261 g/mol. The number of hydrogen-bond donors (Lipinski definition) is 1. The number of nitrogens with one attached hydrogen (secondary N) is 1. The Morgan fingerprint density at radius 1 is 1.50 bits per heavy atom. The van der Waals surface area contributed by atoms with E-state index in [-0.39, 0.29) is 0 Å². The molecule has 1 aromatic rings. The van der Waals surface area contributed by atoms with E-state index >= 15 is 0 Å². The Bertz CT molecular complexity index is 325. The van der Waals surface area contributed by atoms with E-state index in [9.17, 15) is 0 Å². The van der Waals surface area contributed by atoms with Gasteiger partial charge >= 0.3 is 0 Å². The lowest BCUT2D eigenvalue weighted by Gasteiger charge is -2.17. The van der Waals surface area contributed by atoms with Crippen LogP contribution in [-0.2, 0) is 0 Å². The average molecular weight is 277 g/mol. The fourth-order valence-corrected chi connectivity index (χ4v) is 2.70. The van der Waals surface area contributed by atoms with Crippen LogP contribution in [0.2, 0.25) is 5.02 Å². The fourth-order valence-electron chi connectivity index (χ4n) is 1.50. The Kier molecular flexibility index (Phi) is 4.27. The first-order valence-corrected chi connectivity index (χ1v) is 5.94. The van der Waals surface area contributed by atoms with Gasteiger partial charge in [-0.05, 0) is 30.0 Å². The second-order valence-electron chi connectivity index (χ2n) is 3.41. The van der Waals surface area contributed by atoms with Crippen LogP contribution in [-0.4, -0.2) is 7.05 Å². The number of halogens is 2. The first kappa shape index (κ1) is 11.9. The molecule has 0 aromatic heterocycles. The summed E-state index contributed by atoms with van der Waals surface area (Å²) in [6.07, 6.45) is 1.12. The average Bonchev–Trinajstić information content (AvgIpc) is 2.15. The van der Waals surface area contributed by atoms with Crippen LogP contribution in [0.1, 0.15) is 31.7 Å². The highest BCUT2D eigenvalue weighted by Gasteiger charge is 2.13. The zero-order chi connectivity index (χ0) is 10.7. The maximum Gasteiger partial charge on any atom is 0.0437 e. The smallest absolute Gasteiger partial charge is 0.0437 e. The minimum absolute atomic E-state index is 0.532. The van der Waals surface area contributed by atoms with Crippen molar-refractivity contribution in [3.63, 3.8) is 0 Å². The molecular formula is C11H15BrClN. The Labute approximate surface area is 99.0 Å². The van der Waals surface area contributed by atoms with E-state index in [0.29, 0.717) is 5.92 Å². The van der Waals surface area contributed by atoms with Gasteiger partial charge in [0.2, 0.25) is 0 Å². The topological polar surface area (TPSA) is 12.0 Å². The molecule has 14 heavy (non-hydrogen) atoms. The van der Waals surface area contributed by atoms with Crippen molar-refractivity contribution >= 4 is 33.2 Å². The van der Waals surface area contributed by atoms with Crippen molar-refractivity contribution < 1.29 is 0 Å². The van der Waals surface area contributed by atoms with Crippen LogP contribution in [0, 0.1) is 0 Å². The first-order chi connectivity index (χ1) is 6.60. The molecule has 0 saturated heterocycles. The summed E-state index contributed by atoms with van der Waals surface area (Å²) in [5.74, 6) is 0.532. The Morgan fingerprint density at radius 2 is 2.14 bits per heavy atom. The summed E-state index contributed by atoms with van der Waals surface area (Å²) in [4.78, 5) is 0. The van der Waals surface area contributed by atoms with Crippen LogP contribution >= 0.6 is 27.5 Å². The van der Waals surface area contributed by atoms with Crippen molar-refractivity contribution in [3.8, 4) is 0 Å². The maximum absolute atomic E-state index is 5.98. The van der Waals surface area contributed by atoms with Crippen molar-refractivity contribution in [2.24, 2.45) is 0 Å². The lowest BCUT2D eigenvalue weighted by Crippen LogP contribution is -2.00. The van der Waals surface area contributed by atoms with E-state index in [1.54, 1.807) is 0 Å². The maximum atomic E-state index is 5.98. The van der Waals surface area contributed by atoms with Crippen molar-refractivity contribution in [2.75, 3.05) is 12.4 Å². The third kappa shape index (κ3) is 2.43. The van der Waals surface area contributed by atoms with Gasteiger partial charge in [0, 0.05) is 22.2 Å². The molecule has 0 fully saturated rings. The normalized spacial score (nSPS) is 12.6. The van der Waals surface area contributed by atoms with E-state index < -0.39 is 0 Å². The number of hydrogen-bond acceptors (Lipinski definition) is 1. The SMILES string of the molecule is CCC(C)c1c(Br)cc(Cl)cc1NC. The molecule has 0 heterocycles. The van der Waals surface area contributed by atoms with Crippen LogP contribution < -0.4 is 5.32 Å². The predicted octanol–water partition coefficient (Wildman–Crippen LogP) is 4.66. The largest absolute Gasteiger partial charge is 0.388 e. The summed E-state index contributed by atoms with van der Waals surface area (Å²) in [7, 11) is 1.92. The van der Waals surface area contributed by atoms with E-state index in [1.807, 2.05) is 19.2 Å². The van der Waals surface area contributed by atoms with Gasteiger partial charge in [0.25, 0.3) is 0 Å². The third-order valence-electron chi connectivity index (χ3n) is 2.47. The first-order valence-electron chi connectivity index (χ1n) is 4.76. The summed E-state index contributed by atoms with van der Waals surface area (Å²) in [6, 6.07) is 3.91. The zero-order valence-electron chi connectivity index (χ0n) is 8.70. The Hall–Kier alpha value is -0.210. The monoisotopic (exact) mass is 275 g/mol. The fraction of sp³-hybridized carbons (Fsp3) is 0.455. The molecule has 1 N–H and O–H groups in total. The van der Waals surface area contributed by atoms with Gasteiger partial charge in [-0.1, -0.05) is 41.4 Å². The number of rotatable bonds is 3. The van der Waals surface area contributed by atoms with E-state index in [2.05, 4.69) is 35.1 Å². The molecule has 0 bridgehead atoms. The Morgan fingerprint density at radius 3 is 2.64 bits per heavy atom. The predicted molar refractivity (Wildman–Crippen MR) is 67.4 cm³/mol. The highest BCUT2D eigenvalue weighted by molar-refractivity contribution is 9.10. The van der Waals surface area contributed by atoms with Gasteiger partial charge in [-0.15, -0.1) is 0 Å². The summed E-state index contributed by atoms with van der Waals surface area (Å²) in [5, 5.41) is 3.94. The van der Waals surface area contributed by atoms with E-state index in [0.717, 1.165) is 21.6 Å². The standard InChI is InChI=1S/C11H15BrClN/c1-4-7(2)11-9(12)5-8(13)6-10(11)14-3/h5-7,14H,4H2,1-3H3. The molecule has 3 heteroatoms. The third-order valence-corrected chi connectivity index (χ3v) is 3.34. The summed E-state index contributed by atoms with van der Waals surface area (Å²) < 4.78 is 1.09. The van der Waals surface area contributed by atoms with Crippen LogP contribution in [0.5, 0.6) is 0 Å². The minimum Gasteiger partial charge on any atom is -0.388 e. The van der Waals surface area contributed by atoms with Gasteiger partial charge in [-0.2, -0.15) is 0 Å². The second kappa shape index (κ2) is 5.04. The van der Waals surface area contributed by atoms with Crippen molar-refractivity contribution in [2.45, 2.75) is 26.2 Å². The Balaban J connectivity index is 3.24. The van der Waals surface area contributed by atoms with Crippen molar-refractivity contribution in [1.29, 1.82) is 0 Å². The van der Waals surface area contributed by atoms with Crippen LogP contribution in [0.3, 0.4) is 0 Å². The van der Waals surface area contributed by atoms with Gasteiger partial charge in [0.05, 0.1) is 0 Å². The van der Waals surface area contributed by atoms with Crippen molar-refractivity contribution in [1.82, 2.24) is 0 Å². The molecule has 0 aliphatic rings. The zero-order valence-corrected chi connectivity index (χ0v) is 11.0. The molecule has 78 valence electrons. The number of anilines is 1. The van der Waals surface area contributed by atoms with Crippen LogP contribution in [0.4, 0.5) is 5.69 Å². The van der Waals surface area contributed by atoms with Gasteiger partial charge in [0.15, 0.2) is 0 Å². The van der Waals surface area contributed by atoms with Gasteiger partial charge in [-0.3, -0.25) is 0 Å². The molecule has 1 rings (SSSR count). The highest BCUT2D eigenvalue weighted by atomic mass is 79.9. The van der Waals surface area contributed by atoms with E-state index in [1.165, 1.54) is 5.56 Å². The molecule has 0 aliphatic carbocycles. The van der Waals surface area contributed by atoms with Gasteiger partial charge < -0.3 is 5.32 Å². The second-order valence-corrected chi connectivity index (χ2v) is 4.70. The van der Waals surface area contributed by atoms with Crippen LogP contribution in [0.15, 0.2) is 16.6 Å². The lowest BCUT2D eigenvalue weighted by molar-refractivity contribution is 0.732.